The Morgan fingerprint density at radius 2 is 2.14 bits per heavy atom. The standard InChI is InChI=1S/C10H13Cl2NS/c1-14-6-2-5-13-10-4-3-8(11)7-9(10)12/h3-4,7,13H,2,5-6H2,1H3. The fourth-order valence-electron chi connectivity index (χ4n) is 1.07. The molecule has 0 saturated carbocycles. The van der Waals surface area contributed by atoms with Crippen LogP contribution in [0.25, 0.3) is 0 Å². The van der Waals surface area contributed by atoms with Crippen molar-refractivity contribution in [1.82, 2.24) is 0 Å². The van der Waals surface area contributed by atoms with E-state index in [0.717, 1.165) is 24.4 Å². The number of anilines is 1. The molecule has 0 amide bonds. The van der Waals surface area contributed by atoms with E-state index in [9.17, 15) is 0 Å². The third kappa shape index (κ3) is 3.99. The number of benzene rings is 1. The van der Waals surface area contributed by atoms with Gasteiger partial charge in [-0.2, -0.15) is 11.8 Å². The predicted octanol–water partition coefficient (Wildman–Crippen LogP) is 4.16. The fourth-order valence-corrected chi connectivity index (χ4v) is 1.98. The van der Waals surface area contributed by atoms with Crippen LogP contribution in [-0.4, -0.2) is 18.6 Å². The molecule has 0 fully saturated rings. The normalized spacial score (nSPS) is 10.2. The quantitative estimate of drug-likeness (QED) is 0.787. The molecule has 0 saturated heterocycles. The van der Waals surface area contributed by atoms with E-state index in [-0.39, 0.29) is 0 Å². The fraction of sp³-hybridized carbons (Fsp3) is 0.400. The highest BCUT2D eigenvalue weighted by Crippen LogP contribution is 2.25. The van der Waals surface area contributed by atoms with Crippen LogP contribution >= 0.6 is 35.0 Å². The zero-order valence-corrected chi connectivity index (χ0v) is 10.3. The summed E-state index contributed by atoms with van der Waals surface area (Å²) in [6, 6.07) is 5.49. The summed E-state index contributed by atoms with van der Waals surface area (Å²) in [5, 5.41) is 4.62. The number of hydrogen-bond donors (Lipinski definition) is 1. The van der Waals surface area contributed by atoms with E-state index in [1.54, 1.807) is 6.07 Å². The Kier molecular flexibility index (Phi) is 5.53. The van der Waals surface area contributed by atoms with Crippen LogP contribution in [0.3, 0.4) is 0 Å². The molecule has 0 aliphatic rings. The first-order valence-corrected chi connectivity index (χ1v) is 6.57. The molecule has 1 N–H and O–H groups in total. The molecule has 0 radical (unpaired) electrons. The molecule has 0 aliphatic carbocycles. The lowest BCUT2D eigenvalue weighted by Crippen LogP contribution is -2.02. The first-order valence-electron chi connectivity index (χ1n) is 4.42. The van der Waals surface area contributed by atoms with Gasteiger partial charge in [-0.05, 0) is 36.6 Å². The van der Waals surface area contributed by atoms with Gasteiger partial charge in [0, 0.05) is 11.6 Å². The van der Waals surface area contributed by atoms with Crippen molar-refractivity contribution < 1.29 is 0 Å². The smallest absolute Gasteiger partial charge is 0.0652 e. The Morgan fingerprint density at radius 1 is 1.36 bits per heavy atom. The van der Waals surface area contributed by atoms with Gasteiger partial charge in [-0.3, -0.25) is 0 Å². The summed E-state index contributed by atoms with van der Waals surface area (Å²) >= 11 is 13.6. The first-order chi connectivity index (χ1) is 6.74. The van der Waals surface area contributed by atoms with Crippen molar-refractivity contribution in [2.45, 2.75) is 6.42 Å². The van der Waals surface area contributed by atoms with Crippen LogP contribution in [0.15, 0.2) is 18.2 Å². The van der Waals surface area contributed by atoms with Gasteiger partial charge >= 0.3 is 0 Å². The minimum Gasteiger partial charge on any atom is -0.384 e. The van der Waals surface area contributed by atoms with Crippen molar-refractivity contribution in [2.75, 3.05) is 23.9 Å². The average molecular weight is 250 g/mol. The van der Waals surface area contributed by atoms with Crippen molar-refractivity contribution in [3.8, 4) is 0 Å². The van der Waals surface area contributed by atoms with E-state index < -0.39 is 0 Å². The van der Waals surface area contributed by atoms with Gasteiger partial charge in [-0.15, -0.1) is 0 Å². The molecule has 0 bridgehead atoms. The first kappa shape index (κ1) is 12.0. The minimum atomic E-state index is 0.671. The monoisotopic (exact) mass is 249 g/mol. The van der Waals surface area contributed by atoms with Crippen molar-refractivity contribution >= 4 is 40.7 Å². The topological polar surface area (TPSA) is 12.0 Å². The lowest BCUT2D eigenvalue weighted by Gasteiger charge is -2.07. The second-order valence-electron chi connectivity index (χ2n) is 2.90. The number of nitrogens with one attached hydrogen (secondary N) is 1. The molecule has 1 nitrogen and oxygen atoms in total. The van der Waals surface area contributed by atoms with Gasteiger partial charge < -0.3 is 5.32 Å². The summed E-state index contributed by atoms with van der Waals surface area (Å²) in [5.74, 6) is 1.16. The third-order valence-corrected chi connectivity index (χ3v) is 3.02. The molecule has 0 spiro atoms. The highest BCUT2D eigenvalue weighted by molar-refractivity contribution is 7.98. The largest absolute Gasteiger partial charge is 0.384 e. The Bertz CT molecular complexity index is 291. The number of rotatable bonds is 5. The summed E-state index contributed by atoms with van der Waals surface area (Å²) < 4.78 is 0. The molecule has 78 valence electrons. The van der Waals surface area contributed by atoms with E-state index in [2.05, 4.69) is 11.6 Å². The Morgan fingerprint density at radius 3 is 2.79 bits per heavy atom. The van der Waals surface area contributed by atoms with E-state index in [1.807, 2.05) is 23.9 Å². The van der Waals surface area contributed by atoms with Crippen molar-refractivity contribution in [2.24, 2.45) is 0 Å². The number of thioether (sulfide) groups is 1. The molecule has 1 rings (SSSR count). The molecule has 0 aliphatic heterocycles. The van der Waals surface area contributed by atoms with Gasteiger partial charge in [0.1, 0.15) is 0 Å². The van der Waals surface area contributed by atoms with Crippen molar-refractivity contribution in [3.63, 3.8) is 0 Å². The SMILES string of the molecule is CSCCCNc1ccc(Cl)cc1Cl. The van der Waals surface area contributed by atoms with Crippen molar-refractivity contribution in [1.29, 1.82) is 0 Å². The highest BCUT2D eigenvalue weighted by Gasteiger charge is 1.99. The average Bonchev–Trinajstić information content (AvgIpc) is 2.15. The van der Waals surface area contributed by atoms with Gasteiger partial charge in [0.15, 0.2) is 0 Å². The second kappa shape index (κ2) is 6.44. The predicted molar refractivity (Wildman–Crippen MR) is 68.0 cm³/mol. The van der Waals surface area contributed by atoms with Gasteiger partial charge in [-0.1, -0.05) is 23.2 Å². The van der Waals surface area contributed by atoms with Crippen molar-refractivity contribution in [3.05, 3.63) is 28.2 Å². The van der Waals surface area contributed by atoms with E-state index >= 15 is 0 Å². The Hall–Kier alpha value is -0.0500. The molecule has 4 heteroatoms. The maximum atomic E-state index is 5.99. The highest BCUT2D eigenvalue weighted by atomic mass is 35.5. The van der Waals surface area contributed by atoms with E-state index in [0.29, 0.717) is 10.0 Å². The van der Waals surface area contributed by atoms with Crippen LogP contribution in [0.4, 0.5) is 5.69 Å². The van der Waals surface area contributed by atoms with Crippen LogP contribution in [0, 0.1) is 0 Å². The molecular formula is C10H13Cl2NS. The zero-order chi connectivity index (χ0) is 10.4. The molecule has 0 aromatic heterocycles. The molecule has 0 unspecified atom stereocenters. The zero-order valence-electron chi connectivity index (χ0n) is 8.02. The molecular weight excluding hydrogens is 237 g/mol. The molecule has 0 atom stereocenters. The molecule has 1 aromatic carbocycles. The summed E-state index contributed by atoms with van der Waals surface area (Å²) in [6.07, 6.45) is 3.25. The van der Waals surface area contributed by atoms with E-state index in [1.165, 1.54) is 0 Å². The van der Waals surface area contributed by atoms with Crippen LogP contribution in [0.5, 0.6) is 0 Å². The molecule has 1 aromatic rings. The summed E-state index contributed by atoms with van der Waals surface area (Å²) in [6.45, 7) is 0.947. The maximum Gasteiger partial charge on any atom is 0.0652 e. The van der Waals surface area contributed by atoms with Gasteiger partial charge in [-0.25, -0.2) is 0 Å². The second-order valence-corrected chi connectivity index (χ2v) is 4.73. The van der Waals surface area contributed by atoms with Crippen LogP contribution in [0.1, 0.15) is 6.42 Å². The Labute approximate surface area is 99.2 Å². The lowest BCUT2D eigenvalue weighted by atomic mass is 10.3. The van der Waals surface area contributed by atoms with Gasteiger partial charge in [0.2, 0.25) is 0 Å². The van der Waals surface area contributed by atoms with Gasteiger partial charge in [0.25, 0.3) is 0 Å². The lowest BCUT2D eigenvalue weighted by molar-refractivity contribution is 0.993. The maximum absolute atomic E-state index is 5.99. The minimum absolute atomic E-state index is 0.671. The third-order valence-electron chi connectivity index (χ3n) is 1.77. The van der Waals surface area contributed by atoms with Crippen LogP contribution in [0.2, 0.25) is 10.0 Å². The molecule has 14 heavy (non-hydrogen) atoms. The number of halogens is 2. The molecule has 0 heterocycles. The Balaban J connectivity index is 2.42. The van der Waals surface area contributed by atoms with Crippen LogP contribution in [-0.2, 0) is 0 Å². The van der Waals surface area contributed by atoms with Gasteiger partial charge in [0.05, 0.1) is 10.7 Å². The van der Waals surface area contributed by atoms with Crippen LogP contribution < -0.4 is 5.32 Å². The summed E-state index contributed by atoms with van der Waals surface area (Å²) in [7, 11) is 0. The number of hydrogen-bond acceptors (Lipinski definition) is 2. The summed E-state index contributed by atoms with van der Waals surface area (Å²) in [4.78, 5) is 0. The van der Waals surface area contributed by atoms with E-state index in [4.69, 9.17) is 23.2 Å². The summed E-state index contributed by atoms with van der Waals surface area (Å²) in [5.41, 5.74) is 0.956.